The van der Waals surface area contributed by atoms with Gasteiger partial charge in [0.2, 0.25) is 6.41 Å². The summed E-state index contributed by atoms with van der Waals surface area (Å²) in [4.78, 5) is 21.9. The monoisotopic (exact) mass is 189 g/mol. The number of ketones is 1. The maximum Gasteiger partial charge on any atom is 0.207 e. The summed E-state index contributed by atoms with van der Waals surface area (Å²) in [6, 6.07) is 7.45. The van der Waals surface area contributed by atoms with Gasteiger partial charge in [0.25, 0.3) is 0 Å². The van der Waals surface area contributed by atoms with Gasteiger partial charge in [0.1, 0.15) is 0 Å². The van der Waals surface area contributed by atoms with Gasteiger partial charge in [-0.05, 0) is 12.0 Å². The van der Waals surface area contributed by atoms with Gasteiger partial charge in [-0.15, -0.1) is 0 Å². The topological polar surface area (TPSA) is 46.2 Å². The highest BCUT2D eigenvalue weighted by molar-refractivity contribution is 5.98. The number of hydrogen-bond acceptors (Lipinski definition) is 2. The smallest absolute Gasteiger partial charge is 0.207 e. The van der Waals surface area contributed by atoms with Gasteiger partial charge in [-0.2, -0.15) is 0 Å². The first kappa shape index (κ1) is 8.94. The molecule has 0 spiro atoms. The molecule has 1 amide bonds. The van der Waals surface area contributed by atoms with Gasteiger partial charge in [0.15, 0.2) is 5.78 Å². The molecule has 1 atom stereocenters. The van der Waals surface area contributed by atoms with Crippen molar-refractivity contribution in [1.82, 2.24) is 5.32 Å². The normalized spacial score (nSPS) is 20.0. The number of hydrogen-bond donors (Lipinski definition) is 1. The van der Waals surface area contributed by atoms with Gasteiger partial charge in [-0.1, -0.05) is 24.3 Å². The third-order valence-electron chi connectivity index (χ3n) is 2.57. The highest BCUT2D eigenvalue weighted by Crippen LogP contribution is 2.28. The van der Waals surface area contributed by atoms with Crippen LogP contribution in [-0.2, 0) is 4.79 Å². The second-order valence-corrected chi connectivity index (χ2v) is 3.39. The number of rotatable bonds is 2. The molecule has 0 saturated heterocycles. The van der Waals surface area contributed by atoms with Gasteiger partial charge in [0, 0.05) is 12.0 Å². The first-order valence-corrected chi connectivity index (χ1v) is 4.65. The Kier molecular flexibility index (Phi) is 2.31. The number of carbonyl (C=O) groups excluding carboxylic acids is 2. The largest absolute Gasteiger partial charge is 0.352 e. The van der Waals surface area contributed by atoms with Crippen LogP contribution in [-0.4, -0.2) is 12.2 Å². The van der Waals surface area contributed by atoms with Gasteiger partial charge < -0.3 is 5.32 Å². The molecule has 0 aromatic heterocycles. The second kappa shape index (κ2) is 3.62. The van der Waals surface area contributed by atoms with Crippen LogP contribution in [0.4, 0.5) is 0 Å². The molecule has 14 heavy (non-hydrogen) atoms. The molecule has 0 aliphatic heterocycles. The summed E-state index contributed by atoms with van der Waals surface area (Å²) in [6.45, 7) is 0. The zero-order valence-electron chi connectivity index (χ0n) is 7.69. The van der Waals surface area contributed by atoms with E-state index in [0.717, 1.165) is 11.1 Å². The van der Waals surface area contributed by atoms with Gasteiger partial charge in [-0.3, -0.25) is 9.59 Å². The van der Waals surface area contributed by atoms with E-state index in [1.54, 1.807) is 0 Å². The molecule has 0 heterocycles. The van der Waals surface area contributed by atoms with Gasteiger partial charge in [-0.25, -0.2) is 0 Å². The summed E-state index contributed by atoms with van der Waals surface area (Å²) in [5.41, 5.74) is 1.69. The Morgan fingerprint density at radius 2 is 2.14 bits per heavy atom. The fourth-order valence-corrected chi connectivity index (χ4v) is 1.88. The minimum atomic E-state index is 0.00130. The number of amides is 1. The van der Waals surface area contributed by atoms with Crippen molar-refractivity contribution in [3.05, 3.63) is 35.4 Å². The van der Waals surface area contributed by atoms with E-state index in [1.165, 1.54) is 0 Å². The lowest BCUT2D eigenvalue weighted by molar-refractivity contribution is -0.110. The second-order valence-electron chi connectivity index (χ2n) is 3.39. The lowest BCUT2D eigenvalue weighted by Gasteiger charge is -2.23. The minimum Gasteiger partial charge on any atom is -0.352 e. The van der Waals surface area contributed by atoms with E-state index >= 15 is 0 Å². The van der Waals surface area contributed by atoms with Crippen molar-refractivity contribution in [2.75, 3.05) is 0 Å². The van der Waals surface area contributed by atoms with Crippen LogP contribution in [0.1, 0.15) is 34.8 Å². The molecule has 72 valence electrons. The van der Waals surface area contributed by atoms with E-state index in [1.807, 2.05) is 24.3 Å². The van der Waals surface area contributed by atoms with Crippen LogP contribution in [0.3, 0.4) is 0 Å². The summed E-state index contributed by atoms with van der Waals surface area (Å²) in [6.07, 6.45) is 1.91. The first-order chi connectivity index (χ1) is 6.83. The van der Waals surface area contributed by atoms with E-state index in [0.29, 0.717) is 19.3 Å². The molecule has 0 fully saturated rings. The molecule has 0 unspecified atom stereocenters. The lowest BCUT2D eigenvalue weighted by Crippen LogP contribution is -2.26. The summed E-state index contributed by atoms with van der Waals surface area (Å²) < 4.78 is 0. The predicted octanol–water partition coefficient (Wildman–Crippen LogP) is 1.45. The Morgan fingerprint density at radius 1 is 1.36 bits per heavy atom. The third-order valence-corrected chi connectivity index (χ3v) is 2.57. The summed E-state index contributed by atoms with van der Waals surface area (Å²) in [7, 11) is 0. The van der Waals surface area contributed by atoms with E-state index < -0.39 is 0 Å². The summed E-state index contributed by atoms with van der Waals surface area (Å²) >= 11 is 0. The van der Waals surface area contributed by atoms with Crippen LogP contribution in [0.5, 0.6) is 0 Å². The van der Waals surface area contributed by atoms with Crippen molar-refractivity contribution in [3.8, 4) is 0 Å². The number of fused-ring (bicyclic) bond motifs is 1. The lowest BCUT2D eigenvalue weighted by atomic mass is 9.87. The average molecular weight is 189 g/mol. The maximum atomic E-state index is 11.5. The summed E-state index contributed by atoms with van der Waals surface area (Å²) in [5.74, 6) is 0.171. The quantitative estimate of drug-likeness (QED) is 0.716. The maximum absolute atomic E-state index is 11.5. The SMILES string of the molecule is O=CN[C@@H]1CCC(=O)c2ccccc21. The van der Waals surface area contributed by atoms with Crippen LogP contribution in [0.2, 0.25) is 0 Å². The van der Waals surface area contributed by atoms with Gasteiger partial charge >= 0.3 is 0 Å². The fourth-order valence-electron chi connectivity index (χ4n) is 1.88. The molecule has 2 rings (SSSR count). The molecule has 1 aliphatic rings. The molecule has 1 aromatic rings. The van der Waals surface area contributed by atoms with Crippen LogP contribution in [0, 0.1) is 0 Å². The van der Waals surface area contributed by atoms with E-state index in [9.17, 15) is 9.59 Å². The Balaban J connectivity index is 2.41. The number of Topliss-reactive ketones (excluding diaryl/α,β-unsaturated/α-hetero) is 1. The van der Waals surface area contributed by atoms with Crippen LogP contribution in [0.15, 0.2) is 24.3 Å². The zero-order chi connectivity index (χ0) is 9.97. The molecular formula is C11H11NO2. The highest BCUT2D eigenvalue weighted by Gasteiger charge is 2.24. The number of carbonyl (C=O) groups is 2. The highest BCUT2D eigenvalue weighted by atomic mass is 16.1. The van der Waals surface area contributed by atoms with Gasteiger partial charge in [0.05, 0.1) is 6.04 Å². The van der Waals surface area contributed by atoms with Crippen molar-refractivity contribution in [2.24, 2.45) is 0 Å². The Hall–Kier alpha value is -1.64. The molecule has 3 heteroatoms. The zero-order valence-corrected chi connectivity index (χ0v) is 7.69. The predicted molar refractivity (Wildman–Crippen MR) is 51.9 cm³/mol. The van der Waals surface area contributed by atoms with E-state index in [4.69, 9.17) is 0 Å². The fraction of sp³-hybridized carbons (Fsp3) is 0.273. The van der Waals surface area contributed by atoms with Crippen LogP contribution >= 0.6 is 0 Å². The standard InChI is InChI=1S/C11H11NO2/c13-7-12-10-5-6-11(14)9-4-2-1-3-8(9)10/h1-4,7,10H,5-6H2,(H,12,13)/t10-/m1/s1. The molecule has 0 bridgehead atoms. The summed E-state index contributed by atoms with van der Waals surface area (Å²) in [5, 5.41) is 2.73. The van der Waals surface area contributed by atoms with Crippen molar-refractivity contribution in [2.45, 2.75) is 18.9 Å². The molecular weight excluding hydrogens is 178 g/mol. The third kappa shape index (κ3) is 1.41. The first-order valence-electron chi connectivity index (χ1n) is 4.65. The number of benzene rings is 1. The molecule has 1 N–H and O–H groups in total. The molecule has 1 aliphatic carbocycles. The Morgan fingerprint density at radius 3 is 2.93 bits per heavy atom. The number of nitrogens with one attached hydrogen (secondary N) is 1. The van der Waals surface area contributed by atoms with Crippen LogP contribution in [0.25, 0.3) is 0 Å². The van der Waals surface area contributed by atoms with Crippen molar-refractivity contribution < 1.29 is 9.59 Å². The molecule has 0 radical (unpaired) electrons. The molecule has 1 aromatic carbocycles. The van der Waals surface area contributed by atoms with Crippen LogP contribution < -0.4 is 5.32 Å². The van der Waals surface area contributed by atoms with Crippen molar-refractivity contribution in [3.63, 3.8) is 0 Å². The minimum absolute atomic E-state index is 0.00130. The molecule has 0 saturated carbocycles. The van der Waals surface area contributed by atoms with E-state index in [2.05, 4.69) is 5.32 Å². The molecule has 3 nitrogen and oxygen atoms in total. The van der Waals surface area contributed by atoms with Crippen molar-refractivity contribution >= 4 is 12.2 Å². The Labute approximate surface area is 82.1 Å². The van der Waals surface area contributed by atoms with E-state index in [-0.39, 0.29) is 11.8 Å². The average Bonchev–Trinajstić information content (AvgIpc) is 2.23. The Bertz CT molecular complexity index is 373. The van der Waals surface area contributed by atoms with Crippen molar-refractivity contribution in [1.29, 1.82) is 0 Å².